The van der Waals surface area contributed by atoms with E-state index in [1.165, 1.54) is 21.5 Å². The number of nitrogens with zero attached hydrogens (tertiary/aromatic N) is 2. The van der Waals surface area contributed by atoms with Gasteiger partial charge < -0.3 is 4.42 Å². The monoisotopic (exact) mass is 574 g/mol. The van der Waals surface area contributed by atoms with Crippen molar-refractivity contribution in [2.24, 2.45) is 0 Å². The number of rotatable bonds is 4. The van der Waals surface area contributed by atoms with Gasteiger partial charge in [0.25, 0.3) is 0 Å². The quantitative estimate of drug-likeness (QED) is 0.196. The first-order valence-corrected chi connectivity index (χ1v) is 15.2. The van der Waals surface area contributed by atoms with E-state index in [2.05, 4.69) is 121 Å². The van der Waals surface area contributed by atoms with Crippen LogP contribution in [-0.4, -0.2) is 9.97 Å². The molecule has 0 spiro atoms. The van der Waals surface area contributed by atoms with Gasteiger partial charge >= 0.3 is 0 Å². The average Bonchev–Trinajstić information content (AvgIpc) is 3.50. The van der Waals surface area contributed by atoms with Gasteiger partial charge in [-0.2, -0.15) is 0 Å². The van der Waals surface area contributed by atoms with Crippen LogP contribution in [0.3, 0.4) is 0 Å². The zero-order chi connectivity index (χ0) is 29.7. The Kier molecular flexibility index (Phi) is 5.82. The van der Waals surface area contributed by atoms with E-state index in [1.54, 1.807) is 0 Å². The van der Waals surface area contributed by atoms with Crippen LogP contribution in [0.1, 0.15) is 0 Å². The van der Waals surface area contributed by atoms with Crippen molar-refractivity contribution in [3.05, 3.63) is 158 Å². The van der Waals surface area contributed by atoms with Gasteiger partial charge in [0.1, 0.15) is 11.2 Å². The molecule has 9 rings (SSSR count). The van der Waals surface area contributed by atoms with Crippen LogP contribution in [0, 0.1) is 0 Å². The molecular weight excluding hydrogens is 548 g/mol. The van der Waals surface area contributed by atoms with Crippen LogP contribution < -0.4 is 0 Å². The van der Waals surface area contributed by atoms with Crippen molar-refractivity contribution in [2.45, 2.75) is 0 Å². The number of fused-ring (bicyclic) bond motifs is 6. The van der Waals surface area contributed by atoms with E-state index < -0.39 is 0 Å². The van der Waals surface area contributed by atoms with Crippen LogP contribution in [0.25, 0.3) is 88.5 Å². The molecule has 0 aliphatic rings. The number of furan rings is 1. The molecule has 0 unspecified atom stereocenters. The summed E-state index contributed by atoms with van der Waals surface area (Å²) in [6, 6.07) is 55.0. The van der Waals surface area contributed by atoms with Gasteiger partial charge in [-0.3, -0.25) is 0 Å². The van der Waals surface area contributed by atoms with Crippen molar-refractivity contribution >= 4 is 43.5 Å². The van der Waals surface area contributed by atoms with Gasteiger partial charge in [0.15, 0.2) is 5.82 Å². The van der Waals surface area contributed by atoms with Crippen molar-refractivity contribution < 1.29 is 4.42 Å². The molecule has 9 aromatic rings. The molecule has 0 saturated carbocycles. The van der Waals surface area contributed by atoms with Crippen molar-refractivity contribution in [2.75, 3.05) is 0 Å². The summed E-state index contributed by atoms with van der Waals surface area (Å²) < 4.78 is 6.40. The highest BCUT2D eigenvalue weighted by molar-refractivity contribution is 6.15. The molecule has 0 radical (unpaired) electrons. The zero-order valence-electron chi connectivity index (χ0n) is 24.3. The third kappa shape index (κ3) is 4.37. The molecule has 2 aromatic heterocycles. The van der Waals surface area contributed by atoms with Crippen molar-refractivity contribution in [3.8, 4) is 45.0 Å². The van der Waals surface area contributed by atoms with E-state index in [4.69, 9.17) is 14.4 Å². The molecular formula is C42H26N2O. The van der Waals surface area contributed by atoms with Crippen LogP contribution in [0.5, 0.6) is 0 Å². The summed E-state index contributed by atoms with van der Waals surface area (Å²) in [5.74, 6) is 0.702. The van der Waals surface area contributed by atoms with Crippen molar-refractivity contribution in [1.82, 2.24) is 9.97 Å². The van der Waals surface area contributed by atoms with E-state index in [9.17, 15) is 0 Å². The Hall–Kier alpha value is -6.06. The van der Waals surface area contributed by atoms with E-state index >= 15 is 0 Å². The van der Waals surface area contributed by atoms with Gasteiger partial charge in [0, 0.05) is 27.5 Å². The minimum Gasteiger partial charge on any atom is -0.456 e. The number of benzene rings is 7. The highest BCUT2D eigenvalue weighted by Gasteiger charge is 2.16. The maximum Gasteiger partial charge on any atom is 0.160 e. The lowest BCUT2D eigenvalue weighted by Crippen LogP contribution is -1.95. The maximum atomic E-state index is 6.40. The smallest absolute Gasteiger partial charge is 0.160 e. The predicted molar refractivity (Wildman–Crippen MR) is 186 cm³/mol. The SMILES string of the molecule is c1ccc(-c2cc(-c3ccc4oc5cccc(-c6ccc7c(ccc8ccccc87)c6)c5c4c3)nc(-c3ccccc3)n2)cc1. The normalized spacial score (nSPS) is 11.6. The number of aromatic nitrogens is 2. The Morgan fingerprint density at radius 3 is 1.91 bits per heavy atom. The molecule has 7 aromatic carbocycles. The second-order valence-electron chi connectivity index (χ2n) is 11.4. The Balaban J connectivity index is 1.23. The second kappa shape index (κ2) is 10.3. The van der Waals surface area contributed by atoms with Gasteiger partial charge in [-0.1, -0.05) is 121 Å². The summed E-state index contributed by atoms with van der Waals surface area (Å²) in [7, 11) is 0. The molecule has 0 aliphatic heterocycles. The molecule has 0 atom stereocenters. The van der Waals surface area contributed by atoms with Gasteiger partial charge in [-0.15, -0.1) is 0 Å². The summed E-state index contributed by atoms with van der Waals surface area (Å²) in [6.07, 6.45) is 0. The molecule has 0 bridgehead atoms. The maximum absolute atomic E-state index is 6.40. The first kappa shape index (κ1) is 25.4. The molecule has 0 saturated heterocycles. The third-order valence-electron chi connectivity index (χ3n) is 8.67. The largest absolute Gasteiger partial charge is 0.456 e. The molecule has 0 aliphatic carbocycles. The highest BCUT2D eigenvalue weighted by atomic mass is 16.3. The molecule has 0 fully saturated rings. The molecule has 0 N–H and O–H groups in total. The van der Waals surface area contributed by atoms with E-state index in [-0.39, 0.29) is 0 Å². The fourth-order valence-electron chi connectivity index (χ4n) is 6.48. The molecule has 0 amide bonds. The third-order valence-corrected chi connectivity index (χ3v) is 8.67. The minimum absolute atomic E-state index is 0.702. The van der Waals surface area contributed by atoms with Gasteiger partial charge in [-0.05, 0) is 69.1 Å². The topological polar surface area (TPSA) is 38.9 Å². The Morgan fingerprint density at radius 2 is 1.07 bits per heavy atom. The van der Waals surface area contributed by atoms with Gasteiger partial charge in [0.2, 0.25) is 0 Å². The van der Waals surface area contributed by atoms with Crippen LogP contribution in [0.2, 0.25) is 0 Å². The molecule has 3 heteroatoms. The lowest BCUT2D eigenvalue weighted by Gasteiger charge is -2.10. The molecule has 45 heavy (non-hydrogen) atoms. The van der Waals surface area contributed by atoms with Crippen molar-refractivity contribution in [1.29, 1.82) is 0 Å². The van der Waals surface area contributed by atoms with Crippen molar-refractivity contribution in [3.63, 3.8) is 0 Å². The minimum atomic E-state index is 0.702. The Morgan fingerprint density at radius 1 is 0.378 bits per heavy atom. The fourth-order valence-corrected chi connectivity index (χ4v) is 6.48. The molecule has 2 heterocycles. The first-order valence-electron chi connectivity index (χ1n) is 15.2. The Bertz CT molecular complexity index is 2470. The summed E-state index contributed by atoms with van der Waals surface area (Å²) in [6.45, 7) is 0. The van der Waals surface area contributed by atoms with Crippen LogP contribution in [0.15, 0.2) is 162 Å². The summed E-state index contributed by atoms with van der Waals surface area (Å²) in [5.41, 5.74) is 8.85. The zero-order valence-corrected chi connectivity index (χ0v) is 24.3. The molecule has 210 valence electrons. The van der Waals surface area contributed by atoms with Gasteiger partial charge in [-0.25, -0.2) is 9.97 Å². The average molecular weight is 575 g/mol. The number of hydrogen-bond donors (Lipinski definition) is 0. The van der Waals surface area contributed by atoms with E-state index in [1.807, 2.05) is 36.4 Å². The summed E-state index contributed by atoms with van der Waals surface area (Å²) in [4.78, 5) is 10.0. The lowest BCUT2D eigenvalue weighted by molar-refractivity contribution is 0.669. The molecule has 3 nitrogen and oxygen atoms in total. The van der Waals surface area contributed by atoms with Gasteiger partial charge in [0.05, 0.1) is 11.4 Å². The first-order chi connectivity index (χ1) is 22.3. The lowest BCUT2D eigenvalue weighted by atomic mass is 9.94. The number of hydrogen-bond acceptors (Lipinski definition) is 3. The van der Waals surface area contributed by atoms with Crippen LogP contribution >= 0.6 is 0 Å². The summed E-state index contributed by atoms with van der Waals surface area (Å²) >= 11 is 0. The highest BCUT2D eigenvalue weighted by Crippen LogP contribution is 2.40. The summed E-state index contributed by atoms with van der Waals surface area (Å²) in [5, 5.41) is 7.18. The standard InChI is InChI=1S/C42H26N2O/c1-3-11-28(12-4-1)37-26-38(44-42(43-37)29-13-5-2-6-14-29)32-21-23-39-36(25-32)41-35(16-9-17-40(41)45-39)31-20-22-34-30(24-31)19-18-27-10-7-8-15-33(27)34/h1-26H. The fraction of sp³-hybridized carbons (Fsp3) is 0. The van der Waals surface area contributed by atoms with Crippen LogP contribution in [-0.2, 0) is 0 Å². The Labute approximate surface area is 260 Å². The van der Waals surface area contributed by atoms with E-state index in [0.717, 1.165) is 61.1 Å². The van der Waals surface area contributed by atoms with E-state index in [0.29, 0.717) is 5.82 Å². The predicted octanol–water partition coefficient (Wildman–Crippen LogP) is 11.4. The van der Waals surface area contributed by atoms with Crippen LogP contribution in [0.4, 0.5) is 0 Å². The second-order valence-corrected chi connectivity index (χ2v) is 11.4.